The molecule has 5 heteroatoms. The third kappa shape index (κ3) is 5.51. The fourth-order valence-corrected chi connectivity index (χ4v) is 2.87. The van der Waals surface area contributed by atoms with Crippen LogP contribution in [0.4, 0.5) is 0 Å². The zero-order chi connectivity index (χ0) is 14.5. The van der Waals surface area contributed by atoms with Crippen LogP contribution in [0.1, 0.15) is 27.2 Å². The Balaban J connectivity index is 2.15. The van der Waals surface area contributed by atoms with Gasteiger partial charge in [0.15, 0.2) is 8.32 Å². The van der Waals surface area contributed by atoms with Crippen LogP contribution in [0.5, 0.6) is 0 Å². The molecule has 1 N–H and O–H groups in total. The van der Waals surface area contributed by atoms with Crippen molar-refractivity contribution in [1.82, 2.24) is 9.80 Å². The van der Waals surface area contributed by atoms with Gasteiger partial charge < -0.3 is 9.53 Å². The molecule has 0 aliphatic carbocycles. The van der Waals surface area contributed by atoms with E-state index in [0.717, 1.165) is 32.7 Å². The van der Waals surface area contributed by atoms with Gasteiger partial charge in [0.2, 0.25) is 0 Å². The van der Waals surface area contributed by atoms with Crippen LogP contribution in [0.25, 0.3) is 0 Å². The van der Waals surface area contributed by atoms with Gasteiger partial charge in [0, 0.05) is 32.8 Å². The van der Waals surface area contributed by atoms with Crippen molar-refractivity contribution in [3.63, 3.8) is 0 Å². The maximum atomic E-state index is 8.88. The largest absolute Gasteiger partial charge is 0.417 e. The van der Waals surface area contributed by atoms with Gasteiger partial charge in [-0.1, -0.05) is 20.8 Å². The van der Waals surface area contributed by atoms with Crippen molar-refractivity contribution in [2.45, 2.75) is 45.3 Å². The minimum Gasteiger partial charge on any atom is -0.417 e. The van der Waals surface area contributed by atoms with Crippen LogP contribution in [-0.2, 0) is 4.43 Å². The first-order valence-electron chi connectivity index (χ1n) is 7.27. The van der Waals surface area contributed by atoms with E-state index in [4.69, 9.17) is 9.53 Å². The summed E-state index contributed by atoms with van der Waals surface area (Å²) in [5, 5.41) is 9.17. The molecule has 0 aromatic carbocycles. The first-order chi connectivity index (χ1) is 8.76. The predicted molar refractivity (Wildman–Crippen MR) is 81.2 cm³/mol. The van der Waals surface area contributed by atoms with Crippen LogP contribution in [-0.4, -0.2) is 62.6 Å². The summed E-state index contributed by atoms with van der Waals surface area (Å²) in [4.78, 5) is 4.25. The molecule has 1 aliphatic heterocycles. The van der Waals surface area contributed by atoms with E-state index in [1.54, 1.807) is 0 Å². The maximum Gasteiger partial charge on any atom is 0.191 e. The van der Waals surface area contributed by atoms with Gasteiger partial charge in [-0.15, -0.1) is 0 Å². The molecule has 0 saturated carbocycles. The fourth-order valence-electron chi connectivity index (χ4n) is 1.78. The summed E-state index contributed by atoms with van der Waals surface area (Å²) in [5.41, 5.74) is 0. The lowest BCUT2D eigenvalue weighted by molar-refractivity contribution is 0.222. The second-order valence-electron chi connectivity index (χ2n) is 6.76. The van der Waals surface area contributed by atoms with Crippen molar-refractivity contribution < 1.29 is 9.53 Å². The third-order valence-corrected chi connectivity index (χ3v) is 8.67. The molecule has 19 heavy (non-hydrogen) atoms. The van der Waals surface area contributed by atoms with Crippen molar-refractivity contribution >= 4 is 8.32 Å². The Morgan fingerprint density at radius 1 is 1.16 bits per heavy atom. The Morgan fingerprint density at radius 3 is 2.26 bits per heavy atom. The Morgan fingerprint density at radius 2 is 1.74 bits per heavy atom. The molecule has 1 saturated heterocycles. The summed E-state index contributed by atoms with van der Waals surface area (Å²) in [7, 11) is -1.59. The molecule has 0 atom stereocenters. The number of hydrogen-bond acceptors (Lipinski definition) is 4. The highest BCUT2D eigenvalue weighted by atomic mass is 28.4. The molecule has 2 radical (unpaired) electrons. The van der Waals surface area contributed by atoms with Crippen LogP contribution in [0, 0.1) is 6.67 Å². The molecule has 0 amide bonds. The standard InChI is InChI=1S/C14H30N2O2Si/c1-14(2,3)19(4,5)18-12-6-7-15-8-9-16(13-15)10-11-17/h17H,6-12H2,1-5H3. The molecule has 0 aromatic rings. The van der Waals surface area contributed by atoms with E-state index in [1.165, 1.54) is 0 Å². The van der Waals surface area contributed by atoms with E-state index in [9.17, 15) is 0 Å². The van der Waals surface area contributed by atoms with E-state index < -0.39 is 8.32 Å². The highest BCUT2D eigenvalue weighted by Gasteiger charge is 2.36. The second-order valence-corrected chi connectivity index (χ2v) is 11.6. The van der Waals surface area contributed by atoms with E-state index >= 15 is 0 Å². The summed E-state index contributed by atoms with van der Waals surface area (Å²) in [6, 6.07) is 0. The lowest BCUT2D eigenvalue weighted by Gasteiger charge is -2.36. The SMILES string of the molecule is CC(C)(C)[Si](C)(C)OCCCN1[C]N(CCO)CC1. The smallest absolute Gasteiger partial charge is 0.191 e. The van der Waals surface area contributed by atoms with Gasteiger partial charge in [-0.05, 0) is 24.6 Å². The van der Waals surface area contributed by atoms with Gasteiger partial charge in [0.25, 0.3) is 0 Å². The lowest BCUT2D eigenvalue weighted by Crippen LogP contribution is -2.41. The third-order valence-electron chi connectivity index (χ3n) is 4.13. The molecule has 0 unspecified atom stereocenters. The summed E-state index contributed by atoms with van der Waals surface area (Å²) in [6.07, 6.45) is 1.05. The van der Waals surface area contributed by atoms with E-state index in [1.807, 2.05) is 0 Å². The van der Waals surface area contributed by atoms with Gasteiger partial charge in [-0.3, -0.25) is 9.80 Å². The number of aliphatic hydroxyl groups is 1. The molecule has 1 fully saturated rings. The Labute approximate surface area is 119 Å². The fraction of sp³-hybridized carbons (Fsp3) is 0.929. The highest BCUT2D eigenvalue weighted by molar-refractivity contribution is 6.74. The number of aliphatic hydroxyl groups excluding tert-OH is 1. The van der Waals surface area contributed by atoms with Crippen molar-refractivity contribution in [3.8, 4) is 0 Å². The Hall–Kier alpha value is 0.0569. The molecule has 0 bridgehead atoms. The molecule has 4 nitrogen and oxygen atoms in total. The monoisotopic (exact) mass is 286 g/mol. The molecule has 0 aromatic heterocycles. The first-order valence-corrected chi connectivity index (χ1v) is 10.2. The highest BCUT2D eigenvalue weighted by Crippen LogP contribution is 2.36. The van der Waals surface area contributed by atoms with Gasteiger partial charge >= 0.3 is 0 Å². The van der Waals surface area contributed by atoms with E-state index in [-0.39, 0.29) is 11.6 Å². The average molecular weight is 286 g/mol. The molecule has 1 rings (SSSR count). The zero-order valence-electron chi connectivity index (χ0n) is 13.2. The minimum atomic E-state index is -1.59. The first kappa shape index (κ1) is 17.1. The minimum absolute atomic E-state index is 0.204. The molecule has 0 spiro atoms. The van der Waals surface area contributed by atoms with Crippen molar-refractivity contribution in [2.24, 2.45) is 0 Å². The number of hydrogen-bond donors (Lipinski definition) is 1. The Kier molecular flexibility index (Phi) is 6.46. The van der Waals surface area contributed by atoms with Gasteiger partial charge in [-0.25, -0.2) is 0 Å². The van der Waals surface area contributed by atoms with Crippen LogP contribution in [0.3, 0.4) is 0 Å². The second kappa shape index (κ2) is 7.18. The quantitative estimate of drug-likeness (QED) is 0.574. The predicted octanol–water partition coefficient (Wildman–Crippen LogP) is 2.00. The van der Waals surface area contributed by atoms with Crippen LogP contribution in [0.15, 0.2) is 0 Å². The lowest BCUT2D eigenvalue weighted by atomic mass is 10.2. The summed E-state index contributed by atoms with van der Waals surface area (Å²) >= 11 is 0. The van der Waals surface area contributed by atoms with Crippen LogP contribution >= 0.6 is 0 Å². The summed E-state index contributed by atoms with van der Waals surface area (Å²) in [6.45, 7) is 19.4. The molecular formula is C14H30N2O2Si. The Bertz CT molecular complexity index is 267. The topological polar surface area (TPSA) is 35.9 Å². The number of nitrogens with zero attached hydrogens (tertiary/aromatic N) is 2. The van der Waals surface area contributed by atoms with Crippen molar-refractivity contribution in [1.29, 1.82) is 0 Å². The van der Waals surface area contributed by atoms with Gasteiger partial charge in [0.05, 0.1) is 6.61 Å². The molecular weight excluding hydrogens is 256 g/mol. The molecule has 1 heterocycles. The number of rotatable bonds is 7. The summed E-state index contributed by atoms with van der Waals surface area (Å²) in [5.74, 6) is 0. The van der Waals surface area contributed by atoms with Crippen LogP contribution < -0.4 is 0 Å². The maximum absolute atomic E-state index is 8.88. The van der Waals surface area contributed by atoms with Crippen molar-refractivity contribution in [3.05, 3.63) is 6.67 Å². The van der Waals surface area contributed by atoms with E-state index in [0.29, 0.717) is 6.54 Å². The average Bonchev–Trinajstić information content (AvgIpc) is 2.71. The normalized spacial score (nSPS) is 19.3. The summed E-state index contributed by atoms with van der Waals surface area (Å²) < 4.78 is 6.16. The van der Waals surface area contributed by atoms with Crippen LogP contribution in [0.2, 0.25) is 18.1 Å². The van der Waals surface area contributed by atoms with Gasteiger partial charge in [-0.2, -0.15) is 0 Å². The molecule has 1 aliphatic rings. The number of β-amino-alcohol motifs (C(OH)–C–C–N with tert-alkyl or cyclic N) is 1. The van der Waals surface area contributed by atoms with Crippen molar-refractivity contribution in [2.75, 3.05) is 39.4 Å². The zero-order valence-corrected chi connectivity index (χ0v) is 14.2. The van der Waals surface area contributed by atoms with E-state index in [2.05, 4.69) is 50.3 Å². The van der Waals surface area contributed by atoms with Gasteiger partial charge in [0.1, 0.15) is 6.67 Å². The molecule has 112 valence electrons.